The molecule has 1 aliphatic heterocycles. The number of rotatable bonds is 6. The highest BCUT2D eigenvalue weighted by Crippen LogP contribution is 2.22. The van der Waals surface area contributed by atoms with E-state index < -0.39 is 0 Å². The van der Waals surface area contributed by atoms with E-state index >= 15 is 0 Å². The van der Waals surface area contributed by atoms with Gasteiger partial charge in [0.15, 0.2) is 11.6 Å². The number of halogens is 1. The molecule has 2 heterocycles. The second-order valence-corrected chi connectivity index (χ2v) is 5.69. The van der Waals surface area contributed by atoms with Gasteiger partial charge in [0, 0.05) is 38.4 Å². The lowest BCUT2D eigenvalue weighted by Gasteiger charge is -2.23. The van der Waals surface area contributed by atoms with Crippen LogP contribution in [0.4, 0.5) is 10.2 Å². The molecule has 1 N–H and O–H groups in total. The van der Waals surface area contributed by atoms with Crippen molar-refractivity contribution >= 4 is 5.82 Å². The molecule has 112 valence electrons. The predicted octanol–water partition coefficient (Wildman–Crippen LogP) is 1.72. The number of likely N-dealkylation sites (tertiary alicyclic amines) is 1. The van der Waals surface area contributed by atoms with Gasteiger partial charge in [-0.2, -0.15) is 0 Å². The fraction of sp³-hybridized carbons (Fsp3) is 0.667. The first kappa shape index (κ1) is 15.2. The molecule has 1 saturated heterocycles. The molecule has 0 amide bonds. The van der Waals surface area contributed by atoms with Crippen molar-refractivity contribution in [2.75, 3.05) is 45.2 Å². The third kappa shape index (κ3) is 3.67. The first-order valence-corrected chi connectivity index (χ1v) is 7.35. The van der Waals surface area contributed by atoms with Gasteiger partial charge in [0.05, 0.1) is 0 Å². The van der Waals surface area contributed by atoms with E-state index in [9.17, 15) is 4.39 Å². The highest BCUT2D eigenvalue weighted by Gasteiger charge is 2.22. The summed E-state index contributed by atoms with van der Waals surface area (Å²) in [5.74, 6) is 0.876. The largest absolute Gasteiger partial charge is 0.357 e. The van der Waals surface area contributed by atoms with Crippen molar-refractivity contribution < 1.29 is 4.39 Å². The molecule has 1 fully saturated rings. The molecule has 0 aromatic carbocycles. The second kappa shape index (κ2) is 6.99. The SMILES string of the molecule is CCNCc1ccnc(N(C)CC2CCN(C)C2)c1F. The van der Waals surface area contributed by atoms with E-state index in [2.05, 4.69) is 22.2 Å². The molecular formula is C15H25FN4. The molecule has 1 atom stereocenters. The summed E-state index contributed by atoms with van der Waals surface area (Å²) >= 11 is 0. The molecule has 0 spiro atoms. The number of anilines is 1. The first-order chi connectivity index (χ1) is 9.61. The molecule has 0 radical (unpaired) electrons. The molecule has 0 bridgehead atoms. The Hall–Kier alpha value is -1.20. The number of pyridine rings is 1. The molecule has 2 rings (SSSR count). The van der Waals surface area contributed by atoms with Gasteiger partial charge in [0.1, 0.15) is 0 Å². The highest BCUT2D eigenvalue weighted by atomic mass is 19.1. The van der Waals surface area contributed by atoms with Crippen LogP contribution >= 0.6 is 0 Å². The Morgan fingerprint density at radius 3 is 3.00 bits per heavy atom. The molecule has 1 aromatic heterocycles. The normalized spacial score (nSPS) is 19.5. The topological polar surface area (TPSA) is 31.4 Å². The van der Waals surface area contributed by atoms with E-state index in [1.54, 1.807) is 12.3 Å². The summed E-state index contributed by atoms with van der Waals surface area (Å²) in [6.45, 7) is 6.48. The van der Waals surface area contributed by atoms with Crippen LogP contribution in [-0.4, -0.2) is 50.2 Å². The third-order valence-corrected chi connectivity index (χ3v) is 3.90. The zero-order chi connectivity index (χ0) is 14.5. The minimum atomic E-state index is -0.192. The lowest BCUT2D eigenvalue weighted by atomic mass is 10.1. The van der Waals surface area contributed by atoms with Crippen molar-refractivity contribution in [3.8, 4) is 0 Å². The van der Waals surface area contributed by atoms with Crippen molar-refractivity contribution in [2.45, 2.75) is 19.9 Å². The van der Waals surface area contributed by atoms with E-state index in [0.29, 0.717) is 23.8 Å². The molecule has 20 heavy (non-hydrogen) atoms. The van der Waals surface area contributed by atoms with Gasteiger partial charge in [-0.15, -0.1) is 0 Å². The summed E-state index contributed by atoms with van der Waals surface area (Å²) in [6.07, 6.45) is 2.88. The Morgan fingerprint density at radius 1 is 1.55 bits per heavy atom. The van der Waals surface area contributed by atoms with Crippen LogP contribution in [0.1, 0.15) is 18.9 Å². The van der Waals surface area contributed by atoms with Crippen LogP contribution in [-0.2, 0) is 6.54 Å². The van der Waals surface area contributed by atoms with E-state index in [0.717, 1.165) is 26.2 Å². The Morgan fingerprint density at radius 2 is 2.35 bits per heavy atom. The smallest absolute Gasteiger partial charge is 0.170 e. The first-order valence-electron chi connectivity index (χ1n) is 7.35. The zero-order valence-electron chi connectivity index (χ0n) is 12.7. The Kier molecular flexibility index (Phi) is 5.31. The van der Waals surface area contributed by atoms with Crippen LogP contribution in [0, 0.1) is 11.7 Å². The van der Waals surface area contributed by atoms with Crippen molar-refractivity contribution in [3.05, 3.63) is 23.6 Å². The minimum Gasteiger partial charge on any atom is -0.357 e. The zero-order valence-corrected chi connectivity index (χ0v) is 12.7. The van der Waals surface area contributed by atoms with Gasteiger partial charge in [-0.3, -0.25) is 0 Å². The summed E-state index contributed by atoms with van der Waals surface area (Å²) < 4.78 is 14.4. The van der Waals surface area contributed by atoms with E-state index in [1.807, 2.05) is 18.9 Å². The van der Waals surface area contributed by atoms with Gasteiger partial charge in [-0.25, -0.2) is 9.37 Å². The van der Waals surface area contributed by atoms with Gasteiger partial charge >= 0.3 is 0 Å². The van der Waals surface area contributed by atoms with Crippen molar-refractivity contribution in [2.24, 2.45) is 5.92 Å². The Labute approximate surface area is 121 Å². The van der Waals surface area contributed by atoms with Crippen LogP contribution in [0.2, 0.25) is 0 Å². The summed E-state index contributed by atoms with van der Waals surface area (Å²) in [4.78, 5) is 8.49. The van der Waals surface area contributed by atoms with Crippen molar-refractivity contribution in [3.63, 3.8) is 0 Å². The maximum atomic E-state index is 14.4. The maximum Gasteiger partial charge on any atom is 0.170 e. The molecule has 5 heteroatoms. The van der Waals surface area contributed by atoms with Crippen LogP contribution in [0.3, 0.4) is 0 Å². The van der Waals surface area contributed by atoms with Crippen molar-refractivity contribution in [1.29, 1.82) is 0 Å². The number of hydrogen-bond acceptors (Lipinski definition) is 4. The summed E-state index contributed by atoms with van der Waals surface area (Å²) in [6, 6.07) is 1.75. The summed E-state index contributed by atoms with van der Waals surface area (Å²) in [7, 11) is 4.07. The number of aromatic nitrogens is 1. The second-order valence-electron chi connectivity index (χ2n) is 5.69. The lowest BCUT2D eigenvalue weighted by molar-refractivity contribution is 0.395. The molecule has 4 nitrogen and oxygen atoms in total. The lowest BCUT2D eigenvalue weighted by Crippen LogP contribution is -2.29. The number of hydrogen-bond donors (Lipinski definition) is 1. The standard InChI is InChI=1S/C15H25FN4/c1-4-17-9-13-5-7-18-15(14(13)16)20(3)11-12-6-8-19(2)10-12/h5,7,12,17H,4,6,8-11H2,1-3H3. The average molecular weight is 280 g/mol. The van der Waals surface area contributed by atoms with Crippen molar-refractivity contribution in [1.82, 2.24) is 15.2 Å². The third-order valence-electron chi connectivity index (χ3n) is 3.90. The Balaban J connectivity index is 2.03. The van der Waals surface area contributed by atoms with Gasteiger partial charge in [-0.05, 0) is 38.5 Å². The molecule has 0 aliphatic carbocycles. The van der Waals surface area contributed by atoms with Crippen LogP contribution in [0.15, 0.2) is 12.3 Å². The van der Waals surface area contributed by atoms with Gasteiger partial charge < -0.3 is 15.1 Å². The fourth-order valence-electron chi connectivity index (χ4n) is 2.78. The minimum absolute atomic E-state index is 0.192. The molecule has 1 aromatic rings. The van der Waals surface area contributed by atoms with Crippen LogP contribution in [0.5, 0.6) is 0 Å². The van der Waals surface area contributed by atoms with E-state index in [1.165, 1.54) is 6.42 Å². The molecular weight excluding hydrogens is 255 g/mol. The maximum absolute atomic E-state index is 14.4. The van der Waals surface area contributed by atoms with E-state index in [4.69, 9.17) is 0 Å². The molecule has 0 saturated carbocycles. The highest BCUT2D eigenvalue weighted by molar-refractivity contribution is 5.42. The average Bonchev–Trinajstić information content (AvgIpc) is 2.83. The van der Waals surface area contributed by atoms with Gasteiger partial charge in [0.2, 0.25) is 0 Å². The fourth-order valence-corrected chi connectivity index (χ4v) is 2.78. The monoisotopic (exact) mass is 280 g/mol. The predicted molar refractivity (Wildman–Crippen MR) is 80.4 cm³/mol. The van der Waals surface area contributed by atoms with Crippen LogP contribution < -0.4 is 10.2 Å². The van der Waals surface area contributed by atoms with Gasteiger partial charge in [-0.1, -0.05) is 6.92 Å². The van der Waals surface area contributed by atoms with Gasteiger partial charge in [0.25, 0.3) is 0 Å². The van der Waals surface area contributed by atoms with E-state index in [-0.39, 0.29) is 5.82 Å². The van der Waals surface area contributed by atoms with Crippen LogP contribution in [0.25, 0.3) is 0 Å². The number of nitrogens with zero attached hydrogens (tertiary/aromatic N) is 3. The molecule has 1 aliphatic rings. The summed E-state index contributed by atoms with van der Waals surface area (Å²) in [5, 5.41) is 3.16. The Bertz CT molecular complexity index is 438. The summed E-state index contributed by atoms with van der Waals surface area (Å²) in [5.41, 5.74) is 0.687. The quantitative estimate of drug-likeness (QED) is 0.860. The number of nitrogens with one attached hydrogen (secondary N) is 1. The molecule has 1 unspecified atom stereocenters.